The van der Waals surface area contributed by atoms with E-state index in [0.29, 0.717) is 12.0 Å². The summed E-state index contributed by atoms with van der Waals surface area (Å²) in [5, 5.41) is 7.60. The van der Waals surface area contributed by atoms with Gasteiger partial charge in [0.25, 0.3) is 0 Å². The van der Waals surface area contributed by atoms with E-state index in [1.54, 1.807) is 11.3 Å². The molecule has 0 aliphatic heterocycles. The van der Waals surface area contributed by atoms with Crippen molar-refractivity contribution in [2.24, 2.45) is 5.92 Å². The average Bonchev–Trinajstić information content (AvgIpc) is 2.91. The first kappa shape index (κ1) is 15.5. The molecule has 0 fully saturated rings. The molecular formula is C16H21ClN2S. The smallest absolute Gasteiger partial charge is 0.0928 e. The van der Waals surface area contributed by atoms with Gasteiger partial charge in [-0.1, -0.05) is 37.6 Å². The third-order valence-electron chi connectivity index (χ3n) is 3.20. The van der Waals surface area contributed by atoms with Gasteiger partial charge in [-0.2, -0.15) is 0 Å². The van der Waals surface area contributed by atoms with Crippen molar-refractivity contribution in [3.8, 4) is 0 Å². The molecule has 2 nitrogen and oxygen atoms in total. The molecule has 20 heavy (non-hydrogen) atoms. The van der Waals surface area contributed by atoms with Crippen LogP contribution in [0.15, 0.2) is 35.8 Å². The average molecular weight is 309 g/mol. The van der Waals surface area contributed by atoms with E-state index in [4.69, 9.17) is 11.6 Å². The highest BCUT2D eigenvalue weighted by atomic mass is 35.5. The second-order valence-corrected chi connectivity index (χ2v) is 6.81. The number of hydrogen-bond acceptors (Lipinski definition) is 3. The molecule has 108 valence electrons. The standard InChI is InChI=1S/C16H21ClN2S/c1-12(2)19-11-14(10-16-18-7-8-20-16)9-13-3-5-15(17)6-4-13/h3-8,12,14,19H,9-11H2,1-2H3. The van der Waals surface area contributed by atoms with Gasteiger partial charge < -0.3 is 5.32 Å². The molecular weight excluding hydrogens is 288 g/mol. The molecule has 1 N–H and O–H groups in total. The highest BCUT2D eigenvalue weighted by Crippen LogP contribution is 2.18. The van der Waals surface area contributed by atoms with Gasteiger partial charge in [-0.15, -0.1) is 11.3 Å². The van der Waals surface area contributed by atoms with Gasteiger partial charge in [0.1, 0.15) is 0 Å². The minimum Gasteiger partial charge on any atom is -0.314 e. The van der Waals surface area contributed by atoms with Crippen LogP contribution in [0, 0.1) is 5.92 Å². The van der Waals surface area contributed by atoms with E-state index in [0.717, 1.165) is 24.4 Å². The summed E-state index contributed by atoms with van der Waals surface area (Å²) in [4.78, 5) is 4.41. The van der Waals surface area contributed by atoms with Crippen LogP contribution in [0.4, 0.5) is 0 Å². The van der Waals surface area contributed by atoms with Crippen molar-refractivity contribution >= 4 is 22.9 Å². The molecule has 0 spiro atoms. The Bertz CT molecular complexity index is 494. The number of nitrogens with one attached hydrogen (secondary N) is 1. The first-order valence-electron chi connectivity index (χ1n) is 6.99. The minimum absolute atomic E-state index is 0.513. The first-order valence-corrected chi connectivity index (χ1v) is 8.25. The molecule has 1 unspecified atom stereocenters. The molecule has 0 bridgehead atoms. The zero-order chi connectivity index (χ0) is 14.4. The van der Waals surface area contributed by atoms with E-state index in [9.17, 15) is 0 Å². The third kappa shape index (κ3) is 5.23. The van der Waals surface area contributed by atoms with Crippen molar-refractivity contribution in [2.45, 2.75) is 32.7 Å². The molecule has 0 saturated carbocycles. The Morgan fingerprint density at radius 1 is 1.20 bits per heavy atom. The van der Waals surface area contributed by atoms with Crippen LogP contribution in [0.2, 0.25) is 5.02 Å². The number of nitrogens with zero attached hydrogens (tertiary/aromatic N) is 1. The normalized spacial score (nSPS) is 12.8. The quantitative estimate of drug-likeness (QED) is 0.829. The molecule has 1 heterocycles. The number of hydrogen-bond donors (Lipinski definition) is 1. The number of aromatic nitrogens is 1. The molecule has 2 rings (SSSR count). The lowest BCUT2D eigenvalue weighted by Crippen LogP contribution is -2.31. The van der Waals surface area contributed by atoms with E-state index in [2.05, 4.69) is 36.3 Å². The van der Waals surface area contributed by atoms with Crippen molar-refractivity contribution in [3.63, 3.8) is 0 Å². The SMILES string of the molecule is CC(C)NCC(Cc1ccc(Cl)cc1)Cc1nccs1. The molecule has 4 heteroatoms. The molecule has 0 saturated heterocycles. The fraction of sp³-hybridized carbons (Fsp3) is 0.438. The molecule has 1 aromatic heterocycles. The van der Waals surface area contributed by atoms with Crippen LogP contribution >= 0.6 is 22.9 Å². The third-order valence-corrected chi connectivity index (χ3v) is 4.25. The molecule has 0 amide bonds. The van der Waals surface area contributed by atoms with Crippen molar-refractivity contribution in [2.75, 3.05) is 6.54 Å². The summed E-state index contributed by atoms with van der Waals surface area (Å²) in [6, 6.07) is 8.68. The number of halogens is 1. The van der Waals surface area contributed by atoms with Gasteiger partial charge in [0.05, 0.1) is 5.01 Å². The van der Waals surface area contributed by atoms with E-state index >= 15 is 0 Å². The largest absolute Gasteiger partial charge is 0.314 e. The fourth-order valence-corrected chi connectivity index (χ4v) is 3.03. The Morgan fingerprint density at radius 2 is 1.95 bits per heavy atom. The summed E-state index contributed by atoms with van der Waals surface area (Å²) in [7, 11) is 0. The van der Waals surface area contributed by atoms with Gasteiger partial charge in [-0.25, -0.2) is 4.98 Å². The van der Waals surface area contributed by atoms with Crippen molar-refractivity contribution in [3.05, 3.63) is 51.4 Å². The molecule has 2 aromatic rings. The van der Waals surface area contributed by atoms with Crippen LogP contribution in [-0.2, 0) is 12.8 Å². The number of thiazole rings is 1. The summed E-state index contributed by atoms with van der Waals surface area (Å²) in [6.45, 7) is 5.38. The van der Waals surface area contributed by atoms with E-state index < -0.39 is 0 Å². The van der Waals surface area contributed by atoms with Crippen LogP contribution in [0.5, 0.6) is 0 Å². The van der Waals surface area contributed by atoms with Crippen LogP contribution in [0.3, 0.4) is 0 Å². The van der Waals surface area contributed by atoms with Gasteiger partial charge >= 0.3 is 0 Å². The zero-order valence-corrected chi connectivity index (χ0v) is 13.5. The van der Waals surface area contributed by atoms with Gasteiger partial charge in [-0.3, -0.25) is 0 Å². The summed E-state index contributed by atoms with van der Waals surface area (Å²) < 4.78 is 0. The second-order valence-electron chi connectivity index (χ2n) is 5.39. The molecule has 0 radical (unpaired) electrons. The molecule has 0 aliphatic carbocycles. The summed E-state index contributed by atoms with van der Waals surface area (Å²) in [5.41, 5.74) is 1.33. The van der Waals surface area contributed by atoms with Gasteiger partial charge in [0.15, 0.2) is 0 Å². The monoisotopic (exact) mass is 308 g/mol. The first-order chi connectivity index (χ1) is 9.63. The van der Waals surface area contributed by atoms with Crippen molar-refractivity contribution in [1.82, 2.24) is 10.3 Å². The summed E-state index contributed by atoms with van der Waals surface area (Å²) in [5.74, 6) is 0.560. The maximum Gasteiger partial charge on any atom is 0.0928 e. The summed E-state index contributed by atoms with van der Waals surface area (Å²) >= 11 is 7.68. The Labute approximate surface area is 130 Å². The fourth-order valence-electron chi connectivity index (χ4n) is 2.17. The molecule has 0 aliphatic rings. The predicted octanol–water partition coefficient (Wildman–Crippen LogP) is 4.20. The van der Waals surface area contributed by atoms with Gasteiger partial charge in [0.2, 0.25) is 0 Å². The van der Waals surface area contributed by atoms with E-state index in [1.807, 2.05) is 23.7 Å². The lowest BCUT2D eigenvalue weighted by atomic mass is 9.96. The highest BCUT2D eigenvalue weighted by molar-refractivity contribution is 7.09. The summed E-state index contributed by atoms with van der Waals surface area (Å²) in [6.07, 6.45) is 3.96. The maximum absolute atomic E-state index is 5.95. The minimum atomic E-state index is 0.513. The molecule has 1 aromatic carbocycles. The molecule has 1 atom stereocenters. The Hall–Kier alpha value is -0.900. The Kier molecular flexibility index (Phi) is 6.02. The highest BCUT2D eigenvalue weighted by Gasteiger charge is 2.13. The Balaban J connectivity index is 1.99. The predicted molar refractivity (Wildman–Crippen MR) is 87.6 cm³/mol. The second kappa shape index (κ2) is 7.77. The van der Waals surface area contributed by atoms with Gasteiger partial charge in [0, 0.05) is 29.1 Å². The van der Waals surface area contributed by atoms with Crippen LogP contribution < -0.4 is 5.32 Å². The maximum atomic E-state index is 5.95. The number of rotatable bonds is 7. The lowest BCUT2D eigenvalue weighted by Gasteiger charge is -2.18. The van der Waals surface area contributed by atoms with Crippen LogP contribution in [0.25, 0.3) is 0 Å². The topological polar surface area (TPSA) is 24.9 Å². The van der Waals surface area contributed by atoms with Crippen molar-refractivity contribution < 1.29 is 0 Å². The van der Waals surface area contributed by atoms with Crippen molar-refractivity contribution in [1.29, 1.82) is 0 Å². The lowest BCUT2D eigenvalue weighted by molar-refractivity contribution is 0.443. The Morgan fingerprint density at radius 3 is 2.55 bits per heavy atom. The number of benzene rings is 1. The van der Waals surface area contributed by atoms with Gasteiger partial charge in [-0.05, 0) is 36.6 Å². The van der Waals surface area contributed by atoms with Crippen LogP contribution in [-0.4, -0.2) is 17.6 Å². The van der Waals surface area contributed by atoms with E-state index in [1.165, 1.54) is 10.6 Å². The van der Waals surface area contributed by atoms with Crippen LogP contribution in [0.1, 0.15) is 24.4 Å². The van der Waals surface area contributed by atoms with E-state index in [-0.39, 0.29) is 0 Å². The zero-order valence-electron chi connectivity index (χ0n) is 12.0.